The van der Waals surface area contributed by atoms with E-state index < -0.39 is 11.4 Å². The Hall–Kier alpha value is -1.73. The summed E-state index contributed by atoms with van der Waals surface area (Å²) in [5, 5.41) is 21.3. The molecule has 4 nitrogen and oxygen atoms in total. The van der Waals surface area contributed by atoms with Crippen molar-refractivity contribution in [1.29, 1.82) is 5.26 Å². The summed E-state index contributed by atoms with van der Waals surface area (Å²) in [5.41, 5.74) is 0.0830. The largest absolute Gasteiger partial charge is 0.481 e. The molecule has 0 fully saturated rings. The Balaban J connectivity index is 2.86. The number of carboxylic acid groups (broad SMARTS) is 1. The van der Waals surface area contributed by atoms with Crippen molar-refractivity contribution in [1.82, 2.24) is 0 Å². The number of carbonyl (C=O) groups is 1. The summed E-state index contributed by atoms with van der Waals surface area (Å²) in [6.45, 7) is 3.44. The molecule has 0 radical (unpaired) electrons. The predicted octanol–water partition coefficient (Wildman–Crippen LogP) is 2.73. The number of aliphatic carboxylic acids is 1. The van der Waals surface area contributed by atoms with Gasteiger partial charge < -0.3 is 10.4 Å². The Morgan fingerprint density at radius 1 is 1.59 bits per heavy atom. The minimum Gasteiger partial charge on any atom is -0.481 e. The number of anilines is 1. The molecule has 2 N–H and O–H groups in total. The molecule has 0 amide bonds. The van der Waals surface area contributed by atoms with E-state index in [1.54, 1.807) is 32.0 Å². The smallest absolute Gasteiger partial charge is 0.310 e. The predicted molar refractivity (Wildman–Crippen MR) is 66.1 cm³/mol. The highest BCUT2D eigenvalue weighted by atomic mass is 35.5. The lowest BCUT2D eigenvalue weighted by molar-refractivity contribution is -0.146. The zero-order valence-electron chi connectivity index (χ0n) is 9.62. The van der Waals surface area contributed by atoms with E-state index in [1.165, 1.54) is 0 Å². The first-order valence-electron chi connectivity index (χ1n) is 5.04. The number of benzene rings is 1. The lowest BCUT2D eigenvalue weighted by atomic mass is 9.93. The van der Waals surface area contributed by atoms with Crippen molar-refractivity contribution in [3.8, 4) is 6.07 Å². The molecule has 0 aromatic heterocycles. The first-order valence-corrected chi connectivity index (χ1v) is 5.41. The van der Waals surface area contributed by atoms with E-state index in [1.807, 2.05) is 6.07 Å². The highest BCUT2D eigenvalue weighted by Gasteiger charge is 2.26. The second-order valence-electron chi connectivity index (χ2n) is 4.34. The van der Waals surface area contributed by atoms with Gasteiger partial charge in [-0.1, -0.05) is 11.6 Å². The number of rotatable bonds is 4. The maximum absolute atomic E-state index is 10.9. The number of nitrogens with zero attached hydrogens (tertiary/aromatic N) is 1. The van der Waals surface area contributed by atoms with E-state index in [2.05, 4.69) is 5.32 Å². The number of halogens is 1. The highest BCUT2D eigenvalue weighted by Crippen LogP contribution is 2.23. The Labute approximate surface area is 105 Å². The van der Waals surface area contributed by atoms with Crippen LogP contribution in [0.1, 0.15) is 19.4 Å². The molecule has 1 rings (SSSR count). The first-order chi connectivity index (χ1) is 7.86. The van der Waals surface area contributed by atoms with Gasteiger partial charge >= 0.3 is 5.97 Å². The topological polar surface area (TPSA) is 73.1 Å². The molecule has 0 bridgehead atoms. The molecule has 0 saturated carbocycles. The van der Waals surface area contributed by atoms with Gasteiger partial charge in [-0.15, -0.1) is 0 Å². The van der Waals surface area contributed by atoms with Crippen molar-refractivity contribution in [2.75, 3.05) is 11.9 Å². The highest BCUT2D eigenvalue weighted by molar-refractivity contribution is 6.30. The third-order valence-corrected chi connectivity index (χ3v) is 2.64. The number of carboxylic acids is 1. The Morgan fingerprint density at radius 3 is 2.76 bits per heavy atom. The number of hydrogen-bond acceptors (Lipinski definition) is 3. The average Bonchev–Trinajstić information content (AvgIpc) is 2.26. The summed E-state index contributed by atoms with van der Waals surface area (Å²) >= 11 is 5.82. The normalized spacial score (nSPS) is 10.7. The Morgan fingerprint density at radius 2 is 2.24 bits per heavy atom. The number of nitrogens with one attached hydrogen (secondary N) is 1. The lowest BCUT2D eigenvalue weighted by Gasteiger charge is -2.20. The summed E-state index contributed by atoms with van der Waals surface area (Å²) in [5.74, 6) is -0.898. The monoisotopic (exact) mass is 252 g/mol. The first kappa shape index (κ1) is 13.3. The van der Waals surface area contributed by atoms with Gasteiger partial charge in [0.05, 0.1) is 16.7 Å². The van der Waals surface area contributed by atoms with E-state index in [0.717, 1.165) is 0 Å². The van der Waals surface area contributed by atoms with Crippen molar-refractivity contribution in [3.05, 3.63) is 28.8 Å². The third kappa shape index (κ3) is 3.36. The van der Waals surface area contributed by atoms with Gasteiger partial charge in [0.15, 0.2) is 0 Å². The zero-order valence-corrected chi connectivity index (χ0v) is 10.4. The average molecular weight is 253 g/mol. The van der Waals surface area contributed by atoms with Gasteiger partial charge in [0.2, 0.25) is 0 Å². The van der Waals surface area contributed by atoms with Crippen LogP contribution in [0.4, 0.5) is 5.69 Å². The quantitative estimate of drug-likeness (QED) is 0.864. The summed E-state index contributed by atoms with van der Waals surface area (Å²) < 4.78 is 0. The second-order valence-corrected chi connectivity index (χ2v) is 4.78. The summed E-state index contributed by atoms with van der Waals surface area (Å²) in [7, 11) is 0. The molecule has 0 aliphatic heterocycles. The van der Waals surface area contributed by atoms with Crippen molar-refractivity contribution >= 4 is 23.3 Å². The van der Waals surface area contributed by atoms with Crippen LogP contribution in [0.5, 0.6) is 0 Å². The zero-order chi connectivity index (χ0) is 13.1. The molecule has 5 heteroatoms. The fourth-order valence-corrected chi connectivity index (χ4v) is 1.32. The third-order valence-electron chi connectivity index (χ3n) is 2.40. The molecule has 1 aromatic carbocycles. The Bertz CT molecular complexity index is 478. The molecule has 0 aliphatic rings. The lowest BCUT2D eigenvalue weighted by Crippen LogP contribution is -2.31. The Kier molecular flexibility index (Phi) is 3.97. The van der Waals surface area contributed by atoms with E-state index in [0.29, 0.717) is 16.3 Å². The molecule has 1 aromatic rings. The molecule has 0 aliphatic carbocycles. The van der Waals surface area contributed by atoms with Crippen LogP contribution < -0.4 is 5.32 Å². The van der Waals surface area contributed by atoms with Crippen LogP contribution in [0.25, 0.3) is 0 Å². The van der Waals surface area contributed by atoms with Crippen LogP contribution >= 0.6 is 11.6 Å². The SMILES string of the molecule is CC(C)(CNc1cc(Cl)ccc1C#N)C(=O)O. The van der Waals surface area contributed by atoms with Crippen molar-refractivity contribution < 1.29 is 9.90 Å². The molecular weight excluding hydrogens is 240 g/mol. The fraction of sp³-hybridized carbons (Fsp3) is 0.333. The van der Waals surface area contributed by atoms with E-state index in [-0.39, 0.29) is 6.54 Å². The summed E-state index contributed by atoms with van der Waals surface area (Å²) in [6.07, 6.45) is 0. The van der Waals surface area contributed by atoms with Gasteiger partial charge in [-0.3, -0.25) is 4.79 Å². The van der Waals surface area contributed by atoms with Crippen LogP contribution in [0, 0.1) is 16.7 Å². The van der Waals surface area contributed by atoms with Crippen molar-refractivity contribution in [3.63, 3.8) is 0 Å². The van der Waals surface area contributed by atoms with Gasteiger partial charge in [-0.05, 0) is 32.0 Å². The van der Waals surface area contributed by atoms with E-state index in [9.17, 15) is 4.79 Å². The minimum absolute atomic E-state index is 0.220. The molecular formula is C12H13ClN2O2. The van der Waals surface area contributed by atoms with Crippen LogP contribution in [-0.2, 0) is 4.79 Å². The van der Waals surface area contributed by atoms with Crippen molar-refractivity contribution in [2.24, 2.45) is 5.41 Å². The van der Waals surface area contributed by atoms with Gasteiger partial charge in [0.1, 0.15) is 6.07 Å². The molecule has 90 valence electrons. The van der Waals surface area contributed by atoms with Crippen LogP contribution in [0.3, 0.4) is 0 Å². The van der Waals surface area contributed by atoms with E-state index >= 15 is 0 Å². The number of nitriles is 1. The molecule has 0 unspecified atom stereocenters. The van der Waals surface area contributed by atoms with Gasteiger partial charge in [0.25, 0.3) is 0 Å². The summed E-state index contributed by atoms with van der Waals surface area (Å²) in [4.78, 5) is 10.9. The molecule has 0 heterocycles. The second kappa shape index (κ2) is 5.07. The van der Waals surface area contributed by atoms with Gasteiger partial charge in [0, 0.05) is 11.6 Å². The standard InChI is InChI=1S/C12H13ClN2O2/c1-12(2,11(16)17)7-15-10-5-9(13)4-3-8(10)6-14/h3-5,15H,7H2,1-2H3,(H,16,17). The van der Waals surface area contributed by atoms with Crippen LogP contribution in [-0.4, -0.2) is 17.6 Å². The van der Waals surface area contributed by atoms with Crippen molar-refractivity contribution in [2.45, 2.75) is 13.8 Å². The summed E-state index contributed by atoms with van der Waals surface area (Å²) in [6, 6.07) is 6.84. The van der Waals surface area contributed by atoms with E-state index in [4.69, 9.17) is 22.0 Å². The van der Waals surface area contributed by atoms with Crippen LogP contribution in [0.15, 0.2) is 18.2 Å². The molecule has 0 spiro atoms. The number of hydrogen-bond donors (Lipinski definition) is 2. The van der Waals surface area contributed by atoms with Gasteiger partial charge in [-0.2, -0.15) is 5.26 Å². The van der Waals surface area contributed by atoms with Gasteiger partial charge in [-0.25, -0.2) is 0 Å². The van der Waals surface area contributed by atoms with Crippen LogP contribution in [0.2, 0.25) is 5.02 Å². The molecule has 0 saturated heterocycles. The fourth-order valence-electron chi connectivity index (χ4n) is 1.15. The molecule has 17 heavy (non-hydrogen) atoms. The molecule has 0 atom stereocenters. The maximum Gasteiger partial charge on any atom is 0.310 e. The maximum atomic E-state index is 10.9. The minimum atomic E-state index is -0.908.